The zero-order chi connectivity index (χ0) is 13.9. The van der Waals surface area contributed by atoms with Crippen LogP contribution in [0.1, 0.15) is 44.2 Å². The summed E-state index contributed by atoms with van der Waals surface area (Å²) in [5, 5.41) is 4.40. The smallest absolute Gasteiger partial charge is 0.162 e. The maximum atomic E-state index is 6.46. The van der Waals surface area contributed by atoms with Gasteiger partial charge in [0.1, 0.15) is 13.2 Å². The fraction of sp³-hybridized carbons (Fsp3) is 0.625. The molecule has 1 saturated carbocycles. The second kappa shape index (κ2) is 6.23. The van der Waals surface area contributed by atoms with Crippen LogP contribution < -0.4 is 14.8 Å². The number of halogens is 1. The summed E-state index contributed by atoms with van der Waals surface area (Å²) >= 11 is 6.46. The highest BCUT2D eigenvalue weighted by Crippen LogP contribution is 2.42. The molecule has 4 heteroatoms. The van der Waals surface area contributed by atoms with Crippen LogP contribution >= 0.6 is 11.6 Å². The van der Waals surface area contributed by atoms with Gasteiger partial charge in [-0.15, -0.1) is 0 Å². The topological polar surface area (TPSA) is 30.5 Å². The third-order valence-corrected chi connectivity index (χ3v) is 4.27. The lowest BCUT2D eigenvalue weighted by Crippen LogP contribution is -2.23. The molecular formula is C16H22ClNO2. The Morgan fingerprint density at radius 1 is 1.25 bits per heavy atom. The zero-order valence-electron chi connectivity index (χ0n) is 12.0. The molecule has 1 atom stereocenters. The fourth-order valence-electron chi connectivity index (χ4n) is 2.67. The molecule has 20 heavy (non-hydrogen) atoms. The van der Waals surface area contributed by atoms with Crippen molar-refractivity contribution in [2.75, 3.05) is 19.8 Å². The normalized spacial score (nSPS) is 18.9. The quantitative estimate of drug-likeness (QED) is 0.862. The van der Waals surface area contributed by atoms with Crippen LogP contribution in [-0.4, -0.2) is 19.8 Å². The van der Waals surface area contributed by atoms with E-state index in [-0.39, 0.29) is 0 Å². The molecule has 2 aliphatic rings. The Labute approximate surface area is 125 Å². The SMILES string of the molecule is CCCNC(CC1CC1)c1cc2c(cc1Cl)OCCO2. The first-order chi connectivity index (χ1) is 9.78. The van der Waals surface area contributed by atoms with Gasteiger partial charge in [-0.1, -0.05) is 31.4 Å². The van der Waals surface area contributed by atoms with Gasteiger partial charge < -0.3 is 14.8 Å². The lowest BCUT2D eigenvalue weighted by Gasteiger charge is -2.24. The van der Waals surface area contributed by atoms with Crippen LogP contribution in [0.2, 0.25) is 5.02 Å². The van der Waals surface area contributed by atoms with Gasteiger partial charge >= 0.3 is 0 Å². The van der Waals surface area contributed by atoms with E-state index in [4.69, 9.17) is 21.1 Å². The highest BCUT2D eigenvalue weighted by atomic mass is 35.5. The maximum Gasteiger partial charge on any atom is 0.162 e. The van der Waals surface area contributed by atoms with Crippen molar-refractivity contribution in [3.8, 4) is 11.5 Å². The molecule has 1 aliphatic carbocycles. The lowest BCUT2D eigenvalue weighted by molar-refractivity contribution is 0.171. The summed E-state index contributed by atoms with van der Waals surface area (Å²) in [6, 6.07) is 4.29. The number of benzene rings is 1. The molecule has 1 heterocycles. The third-order valence-electron chi connectivity index (χ3n) is 3.94. The summed E-state index contributed by atoms with van der Waals surface area (Å²) in [4.78, 5) is 0. The van der Waals surface area contributed by atoms with Gasteiger partial charge in [-0.05, 0) is 36.9 Å². The summed E-state index contributed by atoms with van der Waals surface area (Å²) in [5.41, 5.74) is 1.15. The Bertz CT molecular complexity index is 474. The van der Waals surface area contributed by atoms with Crippen LogP contribution in [-0.2, 0) is 0 Å². The van der Waals surface area contributed by atoms with Crippen LogP contribution in [0.5, 0.6) is 11.5 Å². The molecule has 3 nitrogen and oxygen atoms in total. The van der Waals surface area contributed by atoms with Gasteiger partial charge in [0.2, 0.25) is 0 Å². The average Bonchev–Trinajstić information content (AvgIpc) is 3.27. The van der Waals surface area contributed by atoms with Crippen molar-refractivity contribution < 1.29 is 9.47 Å². The summed E-state index contributed by atoms with van der Waals surface area (Å²) in [6.07, 6.45) is 5.00. The number of fused-ring (bicyclic) bond motifs is 1. The molecule has 0 spiro atoms. The Morgan fingerprint density at radius 3 is 2.60 bits per heavy atom. The molecular weight excluding hydrogens is 274 g/mol. The number of hydrogen-bond donors (Lipinski definition) is 1. The molecule has 0 radical (unpaired) electrons. The van der Waals surface area contributed by atoms with E-state index in [9.17, 15) is 0 Å². The van der Waals surface area contributed by atoms with Gasteiger partial charge in [-0.3, -0.25) is 0 Å². The molecule has 110 valence electrons. The second-order valence-corrected chi connectivity index (χ2v) is 6.11. The molecule has 1 aromatic rings. The number of ether oxygens (including phenoxy) is 2. The first kappa shape index (κ1) is 14.0. The first-order valence-electron chi connectivity index (χ1n) is 7.60. The van der Waals surface area contributed by atoms with Crippen LogP contribution in [0.15, 0.2) is 12.1 Å². The molecule has 1 aromatic carbocycles. The Kier molecular flexibility index (Phi) is 4.37. The van der Waals surface area contributed by atoms with E-state index < -0.39 is 0 Å². The van der Waals surface area contributed by atoms with E-state index in [1.165, 1.54) is 19.3 Å². The minimum absolute atomic E-state index is 0.325. The zero-order valence-corrected chi connectivity index (χ0v) is 12.7. The van der Waals surface area contributed by atoms with Gasteiger partial charge in [0, 0.05) is 17.1 Å². The molecule has 0 amide bonds. The highest BCUT2D eigenvalue weighted by Gasteiger charge is 2.28. The van der Waals surface area contributed by atoms with E-state index in [1.54, 1.807) is 0 Å². The maximum absolute atomic E-state index is 6.46. The van der Waals surface area contributed by atoms with Crippen LogP contribution in [0.4, 0.5) is 0 Å². The van der Waals surface area contributed by atoms with Crippen molar-refractivity contribution >= 4 is 11.6 Å². The van der Waals surface area contributed by atoms with Gasteiger partial charge in [-0.2, -0.15) is 0 Å². The summed E-state index contributed by atoms with van der Waals surface area (Å²) in [5.74, 6) is 2.45. The van der Waals surface area contributed by atoms with Gasteiger partial charge in [0.15, 0.2) is 11.5 Å². The Morgan fingerprint density at radius 2 is 1.95 bits per heavy atom. The molecule has 3 rings (SSSR count). The molecule has 1 N–H and O–H groups in total. The van der Waals surface area contributed by atoms with Crippen molar-refractivity contribution in [2.24, 2.45) is 5.92 Å². The highest BCUT2D eigenvalue weighted by molar-refractivity contribution is 6.31. The number of rotatable bonds is 6. The minimum atomic E-state index is 0.325. The predicted octanol–water partition coefficient (Wildman–Crippen LogP) is 3.95. The molecule has 0 aromatic heterocycles. The van der Waals surface area contributed by atoms with Gasteiger partial charge in [-0.25, -0.2) is 0 Å². The number of hydrogen-bond acceptors (Lipinski definition) is 3. The Balaban J connectivity index is 1.84. The van der Waals surface area contributed by atoms with E-state index in [2.05, 4.69) is 18.3 Å². The third kappa shape index (κ3) is 3.21. The number of nitrogens with one attached hydrogen (secondary N) is 1. The largest absolute Gasteiger partial charge is 0.486 e. The van der Waals surface area contributed by atoms with Crippen molar-refractivity contribution in [1.29, 1.82) is 0 Å². The van der Waals surface area contributed by atoms with Crippen LogP contribution in [0, 0.1) is 5.92 Å². The standard InChI is InChI=1S/C16H22ClNO2/c1-2-5-18-14(8-11-3-4-11)12-9-15-16(10-13(12)17)20-7-6-19-15/h9-11,14,18H,2-8H2,1H3. The van der Waals surface area contributed by atoms with Crippen LogP contribution in [0.3, 0.4) is 0 Å². The van der Waals surface area contributed by atoms with E-state index in [0.717, 1.165) is 41.0 Å². The van der Waals surface area contributed by atoms with Crippen molar-refractivity contribution in [3.05, 3.63) is 22.7 Å². The molecule has 0 bridgehead atoms. The summed E-state index contributed by atoms with van der Waals surface area (Å²) in [7, 11) is 0. The van der Waals surface area contributed by atoms with E-state index in [0.29, 0.717) is 19.3 Å². The van der Waals surface area contributed by atoms with Crippen molar-refractivity contribution in [3.63, 3.8) is 0 Å². The minimum Gasteiger partial charge on any atom is -0.486 e. The summed E-state index contributed by atoms with van der Waals surface area (Å²) < 4.78 is 11.3. The lowest BCUT2D eigenvalue weighted by atomic mass is 10.00. The monoisotopic (exact) mass is 295 g/mol. The molecule has 1 fully saturated rings. The van der Waals surface area contributed by atoms with Crippen molar-refractivity contribution in [1.82, 2.24) is 5.32 Å². The first-order valence-corrected chi connectivity index (χ1v) is 7.98. The molecule has 0 saturated heterocycles. The van der Waals surface area contributed by atoms with E-state index in [1.807, 2.05) is 6.07 Å². The fourth-order valence-corrected chi connectivity index (χ4v) is 2.96. The molecule has 1 aliphatic heterocycles. The Hall–Kier alpha value is -0.930. The second-order valence-electron chi connectivity index (χ2n) is 5.70. The van der Waals surface area contributed by atoms with Gasteiger partial charge in [0.25, 0.3) is 0 Å². The molecule has 1 unspecified atom stereocenters. The predicted molar refractivity (Wildman–Crippen MR) is 80.8 cm³/mol. The average molecular weight is 296 g/mol. The van der Waals surface area contributed by atoms with Gasteiger partial charge in [0.05, 0.1) is 0 Å². The van der Waals surface area contributed by atoms with Crippen molar-refractivity contribution in [2.45, 2.75) is 38.6 Å². The summed E-state index contributed by atoms with van der Waals surface area (Å²) in [6.45, 7) is 4.42. The van der Waals surface area contributed by atoms with Crippen LogP contribution in [0.25, 0.3) is 0 Å². The van der Waals surface area contributed by atoms with E-state index >= 15 is 0 Å².